The normalized spacial score (nSPS) is 11.2. The van der Waals surface area contributed by atoms with E-state index in [2.05, 4.69) is 100 Å². The Labute approximate surface area is 763 Å². The van der Waals surface area contributed by atoms with E-state index in [0.29, 0.717) is 86.9 Å². The second-order valence-electron chi connectivity index (χ2n) is 29.6. The molecular weight excluding hydrogens is 1730 g/mol. The lowest BCUT2D eigenvalue weighted by atomic mass is 9.85. The Hall–Kier alpha value is -11.8. The number of aromatic hydroxyl groups is 3. The summed E-state index contributed by atoms with van der Waals surface area (Å²) < 4.78 is 71.5. The molecule has 0 saturated carbocycles. The number of phenolic OH excluding ortho intramolecular Hbond substituents is 3. The number of halogens is 10. The van der Waals surface area contributed by atoms with Gasteiger partial charge in [-0.1, -0.05) is 211 Å². The molecule has 0 heterocycles. The van der Waals surface area contributed by atoms with Gasteiger partial charge in [-0.25, -0.2) is 27.2 Å². The SMILES string of the molecule is CC(C)(C)c1cc(O)cc(-c2c(F)cccc2Cl)c1.CCOC(=O)C(F)C(C)=O.CCOC(=O)C(F)C(C)=O.COc1ccccc1C(=O)/C=C/c1c(C)cc(C)cc1C.COc1ccccc1C(=O)/C=C/c1c(Cl)cccc1Cl.Cc1cc(C)c(-c2cc(O)cc(-c3ccccc3C)c2)c(C)c1.Oc1cc(-c2c(F)cccc2Cl)cc(-c2c(Cl)cccc2Cl)c1. The monoisotopic (exact) mass is 1830 g/mol. The van der Waals surface area contributed by atoms with Crippen molar-refractivity contribution in [2.24, 2.45) is 0 Å². The van der Waals surface area contributed by atoms with Crippen molar-refractivity contribution in [1.29, 1.82) is 0 Å². The second kappa shape index (κ2) is 49.2. The fraction of sp³-hybridized carbons (Fsp3) is 0.204. The third kappa shape index (κ3) is 30.0. The van der Waals surface area contributed by atoms with Crippen molar-refractivity contribution in [3.05, 3.63) is 345 Å². The standard InChI is InChI=1S/C22H22O.C19H20O2.C18H10Cl3FO.C16H12Cl2O2.C16H16ClFO.2C6H9FO3/c1-14-9-16(3)22(17(4)10-14)19-11-18(12-20(23)13-19)21-8-6-5-7-15(21)2;1-13-11-14(2)16(15(3)12-13)9-10-18(20)17-7-5-6-8-19(17)21-4;19-13-3-1-4-14(20)17(13)10-7-11(9-12(23)8-10)18-15(21)5-2-6-16(18)22;1-20-16-8-3-2-5-12(16)15(19)10-9-11-13(17)6-4-7-14(11)18;1-16(2,3)11-7-10(8-12(19)9-11)15-13(17)5-4-6-14(15)18;2*1-3-10-6(9)5(7)4(2)8/h5-13,23H,1-4H3;5-12H,1-4H3;1-9,23H;2-10H,1H3;4-9,19H,1-3H3;2*5H,3H2,1-2H3/b;10-9+;;10-9+;;;. The van der Waals surface area contributed by atoms with Crippen molar-refractivity contribution in [2.45, 2.75) is 115 Å². The molecule has 3 N–H and O–H groups in total. The zero-order valence-corrected chi connectivity index (χ0v) is 77.0. The van der Waals surface area contributed by atoms with Crippen molar-refractivity contribution in [1.82, 2.24) is 0 Å². The van der Waals surface area contributed by atoms with Crippen molar-refractivity contribution >= 4 is 117 Å². The highest BCUT2D eigenvalue weighted by Gasteiger charge is 2.25. The Bertz CT molecular complexity index is 5710. The van der Waals surface area contributed by atoms with Crippen LogP contribution in [0, 0.1) is 60.1 Å². The summed E-state index contributed by atoms with van der Waals surface area (Å²) in [6, 6.07) is 66.1. The highest BCUT2D eigenvalue weighted by Crippen LogP contribution is 2.43. The number of alkyl halides is 2. The van der Waals surface area contributed by atoms with Crippen LogP contribution in [0.25, 0.3) is 67.8 Å². The lowest BCUT2D eigenvalue weighted by Gasteiger charge is -2.20. The van der Waals surface area contributed by atoms with Crippen LogP contribution < -0.4 is 9.47 Å². The summed E-state index contributed by atoms with van der Waals surface area (Å²) in [7, 11) is 3.10. The number of para-hydroxylation sites is 2. The number of allylic oxidation sites excluding steroid dienone is 2. The number of esters is 2. The fourth-order valence-corrected chi connectivity index (χ4v) is 14.6. The first-order valence-electron chi connectivity index (χ1n) is 39.4. The largest absolute Gasteiger partial charge is 0.508 e. The van der Waals surface area contributed by atoms with Crippen LogP contribution in [-0.2, 0) is 34.1 Å². The highest BCUT2D eigenvalue weighted by atomic mass is 35.5. The van der Waals surface area contributed by atoms with E-state index < -0.39 is 47.5 Å². The second-order valence-corrected chi connectivity index (χ2v) is 32.1. The number of benzene rings is 12. The average Bonchev–Trinajstić information content (AvgIpc) is 0.814. The van der Waals surface area contributed by atoms with Crippen LogP contribution in [0.2, 0.25) is 30.1 Å². The van der Waals surface area contributed by atoms with Gasteiger partial charge in [0.25, 0.3) is 12.3 Å². The minimum atomic E-state index is -2.11. The summed E-state index contributed by atoms with van der Waals surface area (Å²) in [4.78, 5) is 65.6. The van der Waals surface area contributed by atoms with E-state index in [4.69, 9.17) is 79.1 Å². The van der Waals surface area contributed by atoms with Gasteiger partial charge in [-0.05, 0) is 299 Å². The molecule has 0 fully saturated rings. The van der Waals surface area contributed by atoms with E-state index >= 15 is 0 Å². The molecule has 2 unspecified atom stereocenters. The molecule has 0 aliphatic carbocycles. The molecule has 0 aliphatic rings. The van der Waals surface area contributed by atoms with E-state index in [1.54, 1.807) is 130 Å². The summed E-state index contributed by atoms with van der Waals surface area (Å²) in [5.74, 6) is -3.41. The molecule has 12 aromatic rings. The van der Waals surface area contributed by atoms with E-state index in [1.165, 1.54) is 94.1 Å². The summed E-state index contributed by atoms with van der Waals surface area (Å²) in [6.45, 7) is 26.1. The van der Waals surface area contributed by atoms with Gasteiger partial charge in [0.15, 0.2) is 23.1 Å². The maximum Gasteiger partial charge on any atom is 0.348 e. The Morgan fingerprint density at radius 1 is 0.381 bits per heavy atom. The van der Waals surface area contributed by atoms with Crippen molar-refractivity contribution < 1.29 is 80.6 Å². The van der Waals surface area contributed by atoms with Gasteiger partial charge in [0, 0.05) is 42.3 Å². The van der Waals surface area contributed by atoms with E-state index in [0.717, 1.165) is 41.7 Å². The highest BCUT2D eigenvalue weighted by molar-refractivity contribution is 6.39. The number of rotatable bonds is 19. The van der Waals surface area contributed by atoms with Crippen molar-refractivity contribution in [2.75, 3.05) is 27.4 Å². The van der Waals surface area contributed by atoms with Crippen molar-refractivity contribution in [3.63, 3.8) is 0 Å². The molecule has 0 saturated heterocycles. The number of carbonyl (C=O) groups is 6. The van der Waals surface area contributed by atoms with Gasteiger partial charge in [-0.3, -0.25) is 19.2 Å². The topological polar surface area (TPSA) is 200 Å². The van der Waals surface area contributed by atoms with Gasteiger partial charge >= 0.3 is 11.9 Å². The van der Waals surface area contributed by atoms with Crippen LogP contribution in [0.4, 0.5) is 17.6 Å². The summed E-state index contributed by atoms with van der Waals surface area (Å²) in [6.07, 6.45) is 2.33. The number of hydrogen-bond donors (Lipinski definition) is 3. The molecule has 0 spiro atoms. The Morgan fingerprint density at radius 3 is 1.11 bits per heavy atom. The summed E-state index contributed by atoms with van der Waals surface area (Å²) in [5, 5.41) is 32.6. The van der Waals surface area contributed by atoms with Crippen LogP contribution >= 0.6 is 69.6 Å². The molecule has 0 aromatic heterocycles. The average molecular weight is 1830 g/mol. The van der Waals surface area contributed by atoms with Gasteiger partial charge in [0.2, 0.25) is 0 Å². The smallest absolute Gasteiger partial charge is 0.348 e. The predicted octanol–water partition coefficient (Wildman–Crippen LogP) is 28.3. The van der Waals surface area contributed by atoms with Crippen LogP contribution in [0.1, 0.15) is 125 Å². The molecule has 0 aliphatic heterocycles. The molecule has 0 amide bonds. The molecule has 12 rings (SSSR count). The first-order chi connectivity index (χ1) is 59.5. The van der Waals surface area contributed by atoms with E-state index in [-0.39, 0.29) is 52.3 Å². The lowest BCUT2D eigenvalue weighted by molar-refractivity contribution is -0.153. The third-order valence-electron chi connectivity index (χ3n) is 18.8. The van der Waals surface area contributed by atoms with E-state index in [9.17, 15) is 61.6 Å². The molecule has 13 nitrogen and oxygen atoms in total. The zero-order chi connectivity index (χ0) is 93.6. The Kier molecular flexibility index (Phi) is 40.2. The number of phenols is 3. The predicted molar refractivity (Wildman–Crippen MR) is 503 cm³/mol. The van der Waals surface area contributed by atoms with Crippen LogP contribution in [-0.4, -0.2) is 90.2 Å². The molecule has 23 heteroatoms. The quantitative estimate of drug-likeness (QED) is 0.0227. The molecule has 126 heavy (non-hydrogen) atoms. The number of aryl methyl sites for hydroxylation is 7. The minimum absolute atomic E-state index is 0.0344. The molecule has 658 valence electrons. The van der Waals surface area contributed by atoms with Crippen molar-refractivity contribution in [3.8, 4) is 84.4 Å². The maximum absolute atomic E-state index is 14.1. The first-order valence-corrected chi connectivity index (χ1v) is 41.7. The number of ether oxygens (including phenoxy) is 4. The van der Waals surface area contributed by atoms with E-state index in [1.807, 2.05) is 75.4 Å². The van der Waals surface area contributed by atoms with Gasteiger partial charge in [-0.15, -0.1) is 0 Å². The van der Waals surface area contributed by atoms with Crippen LogP contribution in [0.5, 0.6) is 28.7 Å². The maximum atomic E-state index is 14.1. The fourth-order valence-electron chi connectivity index (χ4n) is 12.9. The summed E-state index contributed by atoms with van der Waals surface area (Å²) >= 11 is 36.7. The molecule has 12 aromatic carbocycles. The number of carbonyl (C=O) groups excluding carboxylic acids is 6. The Morgan fingerprint density at radius 2 is 0.714 bits per heavy atom. The molecular formula is C103H98Cl6F4O13. The molecule has 0 radical (unpaired) electrons. The van der Waals surface area contributed by atoms with Gasteiger partial charge in [-0.2, -0.15) is 0 Å². The Balaban J connectivity index is 0.000000231. The minimum Gasteiger partial charge on any atom is -0.508 e. The zero-order valence-electron chi connectivity index (χ0n) is 72.4. The molecule has 0 bridgehead atoms. The lowest BCUT2D eigenvalue weighted by Crippen LogP contribution is -2.25. The molecule has 2 atom stereocenters. The first kappa shape index (κ1) is 103. The van der Waals surface area contributed by atoms with Gasteiger partial charge in [0.1, 0.15) is 40.4 Å². The number of ketones is 4. The number of methoxy groups -OCH3 is 2. The van der Waals surface area contributed by atoms with Gasteiger partial charge in [0.05, 0.1) is 48.6 Å². The number of Topliss-reactive ketones (excluding diaryl/α,β-unsaturated/α-hetero) is 2. The summed E-state index contributed by atoms with van der Waals surface area (Å²) in [5.41, 5.74) is 19.4. The third-order valence-corrected chi connectivity index (χ3v) is 20.7. The number of hydrogen-bond acceptors (Lipinski definition) is 13. The van der Waals surface area contributed by atoms with Crippen LogP contribution in [0.3, 0.4) is 0 Å². The van der Waals surface area contributed by atoms with Crippen LogP contribution in [0.15, 0.2) is 237 Å². The van der Waals surface area contributed by atoms with Gasteiger partial charge < -0.3 is 34.3 Å².